The maximum absolute atomic E-state index is 12.3. The summed E-state index contributed by atoms with van der Waals surface area (Å²) in [7, 11) is 1.44. The number of fused-ring (bicyclic) bond motifs is 1. The molecule has 1 aliphatic heterocycles. The number of allylic oxidation sites excluding steroid dienone is 1. The molecule has 6 heteroatoms. The van der Waals surface area contributed by atoms with Gasteiger partial charge in [-0.1, -0.05) is 0 Å². The number of benzene rings is 2. The van der Waals surface area contributed by atoms with Gasteiger partial charge in [0.2, 0.25) is 5.78 Å². The van der Waals surface area contributed by atoms with Gasteiger partial charge in [-0.25, -0.2) is 0 Å². The molecule has 0 saturated carbocycles. The fourth-order valence-electron chi connectivity index (χ4n) is 2.16. The zero-order valence-corrected chi connectivity index (χ0v) is 13.0. The van der Waals surface area contributed by atoms with Crippen LogP contribution in [-0.2, 0) is 0 Å². The number of halogens is 1. The number of phenols is 2. The van der Waals surface area contributed by atoms with Crippen LogP contribution in [0.2, 0.25) is 0 Å². The number of ether oxygens (including phenoxy) is 2. The summed E-state index contributed by atoms with van der Waals surface area (Å²) in [6.07, 6.45) is 1.55. The van der Waals surface area contributed by atoms with Gasteiger partial charge in [0.1, 0.15) is 11.5 Å². The van der Waals surface area contributed by atoms with E-state index in [1.54, 1.807) is 18.2 Å². The second-order valence-corrected chi connectivity index (χ2v) is 5.53. The Morgan fingerprint density at radius 2 is 2.00 bits per heavy atom. The molecule has 112 valence electrons. The van der Waals surface area contributed by atoms with Crippen molar-refractivity contribution >= 4 is 27.8 Å². The summed E-state index contributed by atoms with van der Waals surface area (Å²) in [6.45, 7) is 0. The average molecular weight is 363 g/mol. The number of ketones is 1. The van der Waals surface area contributed by atoms with E-state index in [0.29, 0.717) is 21.3 Å². The number of carbonyl (C=O) groups is 1. The van der Waals surface area contributed by atoms with E-state index in [4.69, 9.17) is 9.47 Å². The highest BCUT2D eigenvalue weighted by molar-refractivity contribution is 9.10. The molecule has 0 spiro atoms. The molecule has 0 aromatic heterocycles. The number of methoxy groups -OCH3 is 1. The lowest BCUT2D eigenvalue weighted by molar-refractivity contribution is 0.101. The van der Waals surface area contributed by atoms with Crippen molar-refractivity contribution in [1.82, 2.24) is 0 Å². The van der Waals surface area contributed by atoms with Crippen LogP contribution in [0, 0.1) is 0 Å². The second-order valence-electron chi connectivity index (χ2n) is 4.67. The fraction of sp³-hybridized carbons (Fsp3) is 0.0625. The first kappa shape index (κ1) is 14.5. The van der Waals surface area contributed by atoms with Crippen molar-refractivity contribution in [2.24, 2.45) is 0 Å². The summed E-state index contributed by atoms with van der Waals surface area (Å²) in [5.41, 5.74) is 1.02. The summed E-state index contributed by atoms with van der Waals surface area (Å²) in [4.78, 5) is 12.3. The SMILES string of the molecule is COc1cc(C=C2Oc3cc(O)ccc3C2=O)cc(Br)c1O. The molecule has 22 heavy (non-hydrogen) atoms. The van der Waals surface area contributed by atoms with Gasteiger partial charge in [-0.05, 0) is 51.8 Å². The lowest BCUT2D eigenvalue weighted by Gasteiger charge is -2.07. The molecule has 2 N–H and O–H groups in total. The minimum absolute atomic E-state index is 0.0171. The molecule has 2 aromatic carbocycles. The maximum atomic E-state index is 12.3. The van der Waals surface area contributed by atoms with E-state index in [0.717, 1.165) is 0 Å². The fourth-order valence-corrected chi connectivity index (χ4v) is 2.62. The van der Waals surface area contributed by atoms with Crippen LogP contribution in [-0.4, -0.2) is 23.1 Å². The van der Waals surface area contributed by atoms with Gasteiger partial charge in [0.05, 0.1) is 17.1 Å². The van der Waals surface area contributed by atoms with E-state index in [1.165, 1.54) is 25.3 Å². The van der Waals surface area contributed by atoms with E-state index >= 15 is 0 Å². The minimum Gasteiger partial charge on any atom is -0.508 e. The topological polar surface area (TPSA) is 76.0 Å². The van der Waals surface area contributed by atoms with E-state index in [2.05, 4.69) is 15.9 Å². The number of carbonyl (C=O) groups excluding carboxylic acids is 1. The third-order valence-corrected chi connectivity index (χ3v) is 3.83. The Hall–Kier alpha value is -2.47. The number of aromatic hydroxyl groups is 2. The van der Waals surface area contributed by atoms with Gasteiger partial charge in [0.15, 0.2) is 17.3 Å². The molecule has 0 unspecified atom stereocenters. The normalized spacial score (nSPS) is 14.8. The zero-order chi connectivity index (χ0) is 15.9. The second kappa shape index (κ2) is 5.38. The van der Waals surface area contributed by atoms with Crippen molar-refractivity contribution in [2.45, 2.75) is 0 Å². The molecule has 0 radical (unpaired) electrons. The quantitative estimate of drug-likeness (QED) is 0.799. The van der Waals surface area contributed by atoms with Gasteiger partial charge in [-0.3, -0.25) is 4.79 Å². The molecule has 0 fully saturated rings. The summed E-state index contributed by atoms with van der Waals surface area (Å²) < 4.78 is 11.0. The van der Waals surface area contributed by atoms with Crippen LogP contribution in [0.3, 0.4) is 0 Å². The summed E-state index contributed by atoms with van der Waals surface area (Å²) >= 11 is 3.22. The molecular weight excluding hydrogens is 352 g/mol. The molecule has 0 saturated heterocycles. The number of phenolic OH excluding ortho intramolecular Hbond substituents is 2. The highest BCUT2D eigenvalue weighted by Gasteiger charge is 2.27. The van der Waals surface area contributed by atoms with Gasteiger partial charge < -0.3 is 19.7 Å². The number of hydrogen-bond donors (Lipinski definition) is 2. The van der Waals surface area contributed by atoms with Crippen LogP contribution in [0.15, 0.2) is 40.6 Å². The molecule has 0 amide bonds. The Morgan fingerprint density at radius 3 is 2.73 bits per heavy atom. The molecule has 0 bridgehead atoms. The molecule has 5 nitrogen and oxygen atoms in total. The van der Waals surface area contributed by atoms with Crippen LogP contribution < -0.4 is 9.47 Å². The third-order valence-electron chi connectivity index (χ3n) is 3.22. The lowest BCUT2D eigenvalue weighted by atomic mass is 10.1. The molecule has 3 rings (SSSR count). The first-order chi connectivity index (χ1) is 10.5. The van der Waals surface area contributed by atoms with Crippen LogP contribution in [0.25, 0.3) is 6.08 Å². The van der Waals surface area contributed by atoms with Gasteiger partial charge in [0, 0.05) is 6.07 Å². The van der Waals surface area contributed by atoms with Crippen LogP contribution >= 0.6 is 15.9 Å². The third kappa shape index (κ3) is 2.42. The average Bonchev–Trinajstić information content (AvgIpc) is 2.78. The molecule has 0 aliphatic carbocycles. The first-order valence-corrected chi connectivity index (χ1v) is 7.12. The molecule has 2 aromatic rings. The van der Waals surface area contributed by atoms with Crippen LogP contribution in [0.1, 0.15) is 15.9 Å². The van der Waals surface area contributed by atoms with Crippen LogP contribution in [0.4, 0.5) is 0 Å². The Kier molecular flexibility index (Phi) is 3.54. The monoisotopic (exact) mass is 362 g/mol. The predicted octanol–water partition coefficient (Wildman–Crippen LogP) is 3.49. The number of Topliss-reactive ketones (excluding diaryl/α,β-unsaturated/α-hetero) is 1. The number of rotatable bonds is 2. The standard InChI is InChI=1S/C16H11BrO5/c1-21-13-5-8(4-11(17)16(13)20)6-14-15(19)10-3-2-9(18)7-12(10)22-14/h2-7,18,20H,1H3. The lowest BCUT2D eigenvalue weighted by Crippen LogP contribution is -1.98. The molecular formula is C16H11BrO5. The maximum Gasteiger partial charge on any atom is 0.231 e. The van der Waals surface area contributed by atoms with Gasteiger partial charge in [-0.2, -0.15) is 0 Å². The van der Waals surface area contributed by atoms with Crippen molar-refractivity contribution in [1.29, 1.82) is 0 Å². The van der Waals surface area contributed by atoms with Crippen LogP contribution in [0.5, 0.6) is 23.0 Å². The van der Waals surface area contributed by atoms with Crippen molar-refractivity contribution in [3.05, 3.63) is 51.7 Å². The summed E-state index contributed by atoms with van der Waals surface area (Å²) in [5.74, 6) is 0.486. The van der Waals surface area contributed by atoms with E-state index in [9.17, 15) is 15.0 Å². The zero-order valence-electron chi connectivity index (χ0n) is 11.5. The Morgan fingerprint density at radius 1 is 1.23 bits per heavy atom. The summed E-state index contributed by atoms with van der Waals surface area (Å²) in [6, 6.07) is 7.57. The van der Waals surface area contributed by atoms with E-state index in [-0.39, 0.29) is 28.8 Å². The van der Waals surface area contributed by atoms with Gasteiger partial charge in [-0.15, -0.1) is 0 Å². The van der Waals surface area contributed by atoms with Crippen molar-refractivity contribution in [2.75, 3.05) is 7.11 Å². The largest absolute Gasteiger partial charge is 0.508 e. The van der Waals surface area contributed by atoms with Gasteiger partial charge >= 0.3 is 0 Å². The molecule has 1 heterocycles. The molecule has 0 atom stereocenters. The Bertz CT molecular complexity index is 810. The van der Waals surface area contributed by atoms with Crippen molar-refractivity contribution < 1.29 is 24.5 Å². The number of hydrogen-bond acceptors (Lipinski definition) is 5. The smallest absolute Gasteiger partial charge is 0.231 e. The van der Waals surface area contributed by atoms with E-state index < -0.39 is 0 Å². The van der Waals surface area contributed by atoms with Crippen molar-refractivity contribution in [3.63, 3.8) is 0 Å². The van der Waals surface area contributed by atoms with E-state index in [1.807, 2.05) is 0 Å². The first-order valence-electron chi connectivity index (χ1n) is 6.33. The van der Waals surface area contributed by atoms with Gasteiger partial charge in [0.25, 0.3) is 0 Å². The Balaban J connectivity index is 2.01. The highest BCUT2D eigenvalue weighted by Crippen LogP contribution is 2.38. The Labute approximate surface area is 134 Å². The highest BCUT2D eigenvalue weighted by atomic mass is 79.9. The van der Waals surface area contributed by atoms with Crippen molar-refractivity contribution in [3.8, 4) is 23.0 Å². The predicted molar refractivity (Wildman–Crippen MR) is 83.4 cm³/mol. The minimum atomic E-state index is -0.266. The summed E-state index contributed by atoms with van der Waals surface area (Å²) in [5, 5.41) is 19.2. The molecule has 1 aliphatic rings.